The largest absolute Gasteiger partial charge is 0.440 e. The monoisotopic (exact) mass is 897 g/mol. The zero-order valence-electron chi connectivity index (χ0n) is 41.3. The Labute approximate surface area is 392 Å². The Balaban J connectivity index is 4.73. The molecule has 0 radical (unpaired) electrons. The summed E-state index contributed by atoms with van der Waals surface area (Å²) in [6, 6.07) is 0. The number of hydrogen-bond donors (Lipinski definition) is 2. The average Bonchev–Trinajstić information content (AvgIpc) is 3.27. The maximum atomic E-state index is 12.8. The Morgan fingerprint density at radius 2 is 0.625 bits per heavy atom. The fourth-order valence-electron chi connectivity index (χ4n) is 7.05. The number of unbranched alkanes of at least 4 members (excludes halogenated alkanes) is 24. The van der Waals surface area contributed by atoms with E-state index in [1.807, 2.05) is 0 Å². The lowest BCUT2D eigenvalue weighted by atomic mass is 10.1. The van der Waals surface area contributed by atoms with Gasteiger partial charge >= 0.3 is 30.2 Å². The minimum atomic E-state index is -3.13. The molecule has 1 atom stereocenters. The second-order valence-corrected chi connectivity index (χ2v) is 17.4. The van der Waals surface area contributed by atoms with Crippen molar-refractivity contribution < 1.29 is 38.8 Å². The van der Waals surface area contributed by atoms with Gasteiger partial charge in [0.2, 0.25) is 0 Å². The average molecular weight is 897 g/mol. The molecule has 0 amide bonds. The van der Waals surface area contributed by atoms with Gasteiger partial charge in [0.25, 0.3) is 0 Å². The smallest absolute Gasteiger partial charge is 0.424 e. The molecule has 8 heteroatoms. The van der Waals surface area contributed by atoms with Gasteiger partial charge in [0.1, 0.15) is 0 Å². The van der Waals surface area contributed by atoms with Gasteiger partial charge < -0.3 is 24.4 Å². The second-order valence-electron chi connectivity index (χ2n) is 17.4. The first-order chi connectivity index (χ1) is 31.3. The molecule has 0 aromatic rings. The summed E-state index contributed by atoms with van der Waals surface area (Å²) in [6.45, 7) is 6.66. The van der Waals surface area contributed by atoms with Gasteiger partial charge in [-0.1, -0.05) is 190 Å². The van der Waals surface area contributed by atoms with Gasteiger partial charge in [0.05, 0.1) is 0 Å². The molecular formula is C56H96O8. The summed E-state index contributed by atoms with van der Waals surface area (Å²) in [6.07, 6.45) is 58.3. The molecule has 1 unspecified atom stereocenters. The van der Waals surface area contributed by atoms with Gasteiger partial charge in [-0.2, -0.15) is 0 Å². The van der Waals surface area contributed by atoms with Crippen molar-refractivity contribution in [2.24, 2.45) is 0 Å². The lowest BCUT2D eigenvalue weighted by molar-refractivity contribution is -0.398. The minimum absolute atomic E-state index is 0.0114. The molecule has 0 aliphatic heterocycles. The molecule has 0 bridgehead atoms. The van der Waals surface area contributed by atoms with Crippen LogP contribution in [0.5, 0.6) is 0 Å². The Morgan fingerprint density at radius 3 is 0.922 bits per heavy atom. The van der Waals surface area contributed by atoms with Crippen LogP contribution in [0.3, 0.4) is 0 Å². The molecule has 0 spiro atoms. The highest BCUT2D eigenvalue weighted by molar-refractivity contribution is 5.72. The van der Waals surface area contributed by atoms with Crippen molar-refractivity contribution in [1.29, 1.82) is 0 Å². The van der Waals surface area contributed by atoms with Gasteiger partial charge in [-0.25, -0.2) is 0 Å². The fraction of sp³-hybridized carbons (Fsp3) is 0.732. The van der Waals surface area contributed by atoms with E-state index in [-0.39, 0.29) is 19.3 Å². The molecule has 0 saturated heterocycles. The normalized spacial score (nSPS) is 12.9. The predicted molar refractivity (Wildman–Crippen MR) is 267 cm³/mol. The van der Waals surface area contributed by atoms with E-state index in [4.69, 9.17) is 14.2 Å². The maximum Gasteiger partial charge on any atom is 0.440 e. The van der Waals surface area contributed by atoms with Crippen LogP contribution >= 0.6 is 0 Å². The molecule has 0 heterocycles. The summed E-state index contributed by atoms with van der Waals surface area (Å²) in [4.78, 5) is 38.4. The van der Waals surface area contributed by atoms with Gasteiger partial charge in [-0.3, -0.25) is 14.4 Å². The molecule has 64 heavy (non-hydrogen) atoms. The van der Waals surface area contributed by atoms with Crippen LogP contribution in [0.1, 0.15) is 252 Å². The zero-order chi connectivity index (χ0) is 46.9. The van der Waals surface area contributed by atoms with Crippen molar-refractivity contribution >= 4 is 17.9 Å². The predicted octanol–water partition coefficient (Wildman–Crippen LogP) is 16.0. The van der Waals surface area contributed by atoms with Crippen LogP contribution in [0, 0.1) is 0 Å². The van der Waals surface area contributed by atoms with E-state index in [2.05, 4.69) is 93.7 Å². The van der Waals surface area contributed by atoms with Crippen LogP contribution in [-0.2, 0) is 28.6 Å². The van der Waals surface area contributed by atoms with Crippen LogP contribution in [0.4, 0.5) is 0 Å². The fourth-order valence-corrected chi connectivity index (χ4v) is 7.05. The number of carbonyl (C=O) groups is 3. The molecule has 0 saturated carbocycles. The van der Waals surface area contributed by atoms with Crippen molar-refractivity contribution in [3.8, 4) is 0 Å². The third-order valence-corrected chi connectivity index (χ3v) is 11.1. The molecule has 0 aromatic carbocycles. The summed E-state index contributed by atoms with van der Waals surface area (Å²) < 4.78 is 15.4. The number of hydrogen-bond acceptors (Lipinski definition) is 8. The van der Waals surface area contributed by atoms with Crippen molar-refractivity contribution in [3.05, 3.63) is 72.9 Å². The highest BCUT2D eigenvalue weighted by Crippen LogP contribution is 2.22. The summed E-state index contributed by atoms with van der Waals surface area (Å²) in [7, 11) is 0. The molecule has 0 fully saturated rings. The second kappa shape index (κ2) is 47.7. The van der Waals surface area contributed by atoms with E-state index in [1.54, 1.807) is 0 Å². The number of ether oxygens (including phenoxy) is 3. The quantitative estimate of drug-likeness (QED) is 0.0268. The van der Waals surface area contributed by atoms with Crippen molar-refractivity contribution in [3.63, 3.8) is 0 Å². The Hall–Kier alpha value is -3.23. The minimum Gasteiger partial charge on any atom is -0.424 e. The van der Waals surface area contributed by atoms with Crippen LogP contribution < -0.4 is 0 Å². The topological polar surface area (TPSA) is 119 Å². The number of rotatable bonds is 46. The van der Waals surface area contributed by atoms with Crippen LogP contribution in [0.2, 0.25) is 0 Å². The van der Waals surface area contributed by atoms with E-state index >= 15 is 0 Å². The van der Waals surface area contributed by atoms with E-state index in [0.717, 1.165) is 135 Å². The standard InChI is InChI=1S/C56H96O8/c1-4-7-10-13-16-19-22-25-28-31-34-37-40-43-46-49-52(57)62-55(60)56(61,63-53(58)50-47-44-41-38-35-32-29-26-23-20-17-14-11-8-5-2)64-54(59)51-48-45-42-39-36-33-30-27-24-21-18-15-12-9-6-3/h16-21,25-30,55,60-61H,4-15,22-24,31-51H2,1-3H3/b19-16-,20-17-,21-18-,28-25-,29-26-,30-27-. The molecule has 0 aromatic heterocycles. The maximum absolute atomic E-state index is 12.8. The molecule has 0 aliphatic carbocycles. The molecule has 0 aliphatic rings. The Morgan fingerprint density at radius 1 is 0.375 bits per heavy atom. The third-order valence-electron chi connectivity index (χ3n) is 11.1. The number of aliphatic hydroxyl groups is 2. The zero-order valence-corrected chi connectivity index (χ0v) is 41.3. The van der Waals surface area contributed by atoms with Gasteiger partial charge in [-0.15, -0.1) is 0 Å². The number of carbonyl (C=O) groups excluding carboxylic acids is 3. The number of aliphatic hydroxyl groups excluding tert-OH is 1. The van der Waals surface area contributed by atoms with E-state index < -0.39 is 30.2 Å². The SMILES string of the molecule is CCCCC/C=C\C/C=C\CCCCCCCC(=O)OC(O)C(O)(OC(=O)CCCCCCC/C=C\C/C=C\CCCCC)OC(=O)CCCCCCC/C=C\C/C=C\CCCCC. The molecule has 368 valence electrons. The van der Waals surface area contributed by atoms with E-state index in [1.165, 1.54) is 57.8 Å². The molecule has 8 nitrogen and oxygen atoms in total. The summed E-state index contributed by atoms with van der Waals surface area (Å²) in [5.74, 6) is -5.59. The van der Waals surface area contributed by atoms with E-state index in [0.29, 0.717) is 19.3 Å². The summed E-state index contributed by atoms with van der Waals surface area (Å²) in [5.41, 5.74) is 0. The molecular weight excluding hydrogens is 801 g/mol. The van der Waals surface area contributed by atoms with Gasteiger partial charge in [0, 0.05) is 19.3 Å². The lowest BCUT2D eigenvalue weighted by Gasteiger charge is -2.30. The van der Waals surface area contributed by atoms with Crippen molar-refractivity contribution in [2.75, 3.05) is 0 Å². The summed E-state index contributed by atoms with van der Waals surface area (Å²) in [5, 5.41) is 22.0. The van der Waals surface area contributed by atoms with E-state index in [9.17, 15) is 24.6 Å². The number of esters is 3. The first-order valence-electron chi connectivity index (χ1n) is 26.2. The van der Waals surface area contributed by atoms with Gasteiger partial charge in [-0.05, 0) is 116 Å². The highest BCUT2D eigenvalue weighted by Gasteiger charge is 2.47. The number of allylic oxidation sites excluding steroid dienone is 12. The first kappa shape index (κ1) is 60.8. The summed E-state index contributed by atoms with van der Waals surface area (Å²) >= 11 is 0. The van der Waals surface area contributed by atoms with Crippen LogP contribution in [0.15, 0.2) is 72.9 Å². The van der Waals surface area contributed by atoms with Crippen LogP contribution in [-0.4, -0.2) is 40.4 Å². The van der Waals surface area contributed by atoms with Crippen molar-refractivity contribution in [1.82, 2.24) is 0 Å². The van der Waals surface area contributed by atoms with Crippen molar-refractivity contribution in [2.45, 2.75) is 264 Å². The molecule has 0 rings (SSSR count). The Bertz CT molecular complexity index is 1200. The third kappa shape index (κ3) is 42.7. The van der Waals surface area contributed by atoms with Gasteiger partial charge in [0.15, 0.2) is 0 Å². The van der Waals surface area contributed by atoms with Crippen LogP contribution in [0.25, 0.3) is 0 Å². The lowest BCUT2D eigenvalue weighted by Crippen LogP contribution is -2.52. The first-order valence-corrected chi connectivity index (χ1v) is 26.2. The Kier molecular flexibility index (Phi) is 45.3. The highest BCUT2D eigenvalue weighted by atomic mass is 16.9. The molecule has 2 N–H and O–H groups in total.